The van der Waals surface area contributed by atoms with Gasteiger partial charge in [-0.1, -0.05) is 0 Å². The van der Waals surface area contributed by atoms with E-state index in [-0.39, 0.29) is 12.4 Å². The van der Waals surface area contributed by atoms with Gasteiger partial charge in [0.2, 0.25) is 0 Å². The zero-order chi connectivity index (χ0) is 8.39. The number of nitrogens with two attached hydrogens (primary N) is 1. The number of hydrogen-bond acceptors (Lipinski definition) is 3. The Morgan fingerprint density at radius 3 is 2.77 bits per heavy atom. The van der Waals surface area contributed by atoms with Crippen molar-refractivity contribution in [1.82, 2.24) is 10.2 Å². The van der Waals surface area contributed by atoms with Crippen LogP contribution in [0.1, 0.15) is 12.8 Å². The first-order valence-electron chi connectivity index (χ1n) is 5.03. The van der Waals surface area contributed by atoms with Crippen LogP contribution in [0.5, 0.6) is 0 Å². The van der Waals surface area contributed by atoms with Gasteiger partial charge in [0.05, 0.1) is 0 Å². The average Bonchev–Trinajstić information content (AvgIpc) is 2.63. The van der Waals surface area contributed by atoms with Crippen LogP contribution in [0.2, 0.25) is 0 Å². The molecular formula is C9H20ClN3. The third-order valence-electron chi connectivity index (χ3n) is 2.99. The molecule has 0 radical (unpaired) electrons. The van der Waals surface area contributed by atoms with Gasteiger partial charge in [-0.3, -0.25) is 0 Å². The molecule has 0 aromatic rings. The van der Waals surface area contributed by atoms with E-state index >= 15 is 0 Å². The van der Waals surface area contributed by atoms with Crippen molar-refractivity contribution in [3.05, 3.63) is 0 Å². The third kappa shape index (κ3) is 3.09. The maximum Gasteiger partial charge on any atom is 0.0180 e. The molecule has 2 heterocycles. The van der Waals surface area contributed by atoms with Crippen molar-refractivity contribution < 1.29 is 0 Å². The summed E-state index contributed by atoms with van der Waals surface area (Å²) in [5.74, 6) is 0.885. The van der Waals surface area contributed by atoms with Gasteiger partial charge in [-0.2, -0.15) is 0 Å². The molecule has 0 aromatic heterocycles. The smallest absolute Gasteiger partial charge is 0.0180 e. The Balaban J connectivity index is 0.000000845. The van der Waals surface area contributed by atoms with E-state index in [2.05, 4.69) is 10.2 Å². The van der Waals surface area contributed by atoms with Gasteiger partial charge in [-0.15, -0.1) is 12.4 Å². The zero-order valence-corrected chi connectivity index (χ0v) is 8.85. The van der Waals surface area contributed by atoms with Crippen LogP contribution < -0.4 is 11.1 Å². The molecule has 2 aliphatic rings. The van der Waals surface area contributed by atoms with Crippen LogP contribution in [-0.4, -0.2) is 43.7 Å². The first kappa shape index (κ1) is 11.2. The lowest BCUT2D eigenvalue weighted by Gasteiger charge is -2.18. The van der Waals surface area contributed by atoms with E-state index in [1.54, 1.807) is 0 Å². The maximum atomic E-state index is 5.84. The van der Waals surface area contributed by atoms with Crippen LogP contribution in [0.3, 0.4) is 0 Å². The van der Waals surface area contributed by atoms with Crippen molar-refractivity contribution >= 4 is 12.4 Å². The number of halogens is 1. The van der Waals surface area contributed by atoms with Crippen molar-refractivity contribution in [3.63, 3.8) is 0 Å². The van der Waals surface area contributed by atoms with Crippen molar-refractivity contribution in [2.45, 2.75) is 18.9 Å². The zero-order valence-electron chi connectivity index (χ0n) is 8.04. The topological polar surface area (TPSA) is 41.3 Å². The number of nitrogens with one attached hydrogen (secondary N) is 1. The van der Waals surface area contributed by atoms with Crippen molar-refractivity contribution in [2.75, 3.05) is 32.7 Å². The van der Waals surface area contributed by atoms with Crippen LogP contribution in [-0.2, 0) is 0 Å². The van der Waals surface area contributed by atoms with Crippen LogP contribution in [0.4, 0.5) is 0 Å². The molecule has 2 rings (SSSR count). The molecule has 1 unspecified atom stereocenters. The molecule has 2 atom stereocenters. The van der Waals surface area contributed by atoms with Gasteiger partial charge in [-0.05, 0) is 38.4 Å². The molecule has 0 amide bonds. The largest absolute Gasteiger partial charge is 0.326 e. The Morgan fingerprint density at radius 1 is 1.38 bits per heavy atom. The molecule has 0 saturated carbocycles. The molecule has 2 aliphatic heterocycles. The van der Waals surface area contributed by atoms with E-state index in [4.69, 9.17) is 5.73 Å². The fourth-order valence-electron chi connectivity index (χ4n) is 2.26. The van der Waals surface area contributed by atoms with Gasteiger partial charge in [0, 0.05) is 19.1 Å². The monoisotopic (exact) mass is 205 g/mol. The highest BCUT2D eigenvalue weighted by molar-refractivity contribution is 5.85. The molecule has 2 saturated heterocycles. The number of likely N-dealkylation sites (tertiary alicyclic amines) is 1. The van der Waals surface area contributed by atoms with E-state index in [1.807, 2.05) is 0 Å². The molecule has 13 heavy (non-hydrogen) atoms. The van der Waals surface area contributed by atoms with E-state index in [0.29, 0.717) is 6.04 Å². The minimum absolute atomic E-state index is 0. The summed E-state index contributed by atoms with van der Waals surface area (Å²) in [7, 11) is 0. The van der Waals surface area contributed by atoms with Crippen LogP contribution in [0.25, 0.3) is 0 Å². The predicted molar refractivity (Wildman–Crippen MR) is 57.3 cm³/mol. The Morgan fingerprint density at radius 2 is 2.23 bits per heavy atom. The van der Waals surface area contributed by atoms with Gasteiger partial charge >= 0.3 is 0 Å². The summed E-state index contributed by atoms with van der Waals surface area (Å²) in [6, 6.07) is 0.444. The summed E-state index contributed by atoms with van der Waals surface area (Å²) in [6.45, 7) is 6.03. The van der Waals surface area contributed by atoms with Crippen molar-refractivity contribution in [1.29, 1.82) is 0 Å². The molecule has 0 bridgehead atoms. The minimum Gasteiger partial charge on any atom is -0.326 e. The van der Waals surface area contributed by atoms with Crippen LogP contribution >= 0.6 is 12.4 Å². The summed E-state index contributed by atoms with van der Waals surface area (Å²) < 4.78 is 0. The van der Waals surface area contributed by atoms with Crippen molar-refractivity contribution in [3.8, 4) is 0 Å². The first-order chi connectivity index (χ1) is 5.84. The fourth-order valence-corrected chi connectivity index (χ4v) is 2.26. The SMILES string of the molecule is Cl.N[C@@H]1CCN(CC2CCNC2)C1. The van der Waals surface area contributed by atoms with Gasteiger partial charge in [-0.25, -0.2) is 0 Å². The lowest BCUT2D eigenvalue weighted by atomic mass is 10.1. The maximum absolute atomic E-state index is 5.84. The van der Waals surface area contributed by atoms with Gasteiger partial charge in [0.25, 0.3) is 0 Å². The Labute approximate surface area is 86.4 Å². The highest BCUT2D eigenvalue weighted by Gasteiger charge is 2.23. The first-order valence-corrected chi connectivity index (χ1v) is 5.03. The number of rotatable bonds is 2. The minimum atomic E-state index is 0. The third-order valence-corrected chi connectivity index (χ3v) is 2.99. The van der Waals surface area contributed by atoms with Gasteiger partial charge in [0.1, 0.15) is 0 Å². The molecule has 0 aliphatic carbocycles. The highest BCUT2D eigenvalue weighted by atomic mass is 35.5. The van der Waals surface area contributed by atoms with E-state index in [1.165, 1.54) is 39.0 Å². The summed E-state index contributed by atoms with van der Waals surface area (Å²) in [5.41, 5.74) is 5.84. The second kappa shape index (κ2) is 5.15. The Bertz CT molecular complexity index is 148. The highest BCUT2D eigenvalue weighted by Crippen LogP contribution is 2.14. The van der Waals surface area contributed by atoms with Gasteiger partial charge < -0.3 is 16.0 Å². The normalized spacial score (nSPS) is 34.8. The van der Waals surface area contributed by atoms with E-state index < -0.39 is 0 Å². The summed E-state index contributed by atoms with van der Waals surface area (Å²) in [6.07, 6.45) is 2.55. The fraction of sp³-hybridized carbons (Fsp3) is 1.00. The summed E-state index contributed by atoms with van der Waals surface area (Å²) >= 11 is 0. The second-order valence-corrected chi connectivity index (χ2v) is 4.17. The summed E-state index contributed by atoms with van der Waals surface area (Å²) in [4.78, 5) is 2.52. The molecule has 78 valence electrons. The summed E-state index contributed by atoms with van der Waals surface area (Å²) in [5, 5.41) is 3.40. The number of hydrogen-bond donors (Lipinski definition) is 2. The standard InChI is InChI=1S/C9H19N3.ClH/c10-9-2-4-12(7-9)6-8-1-3-11-5-8;/h8-9,11H,1-7,10H2;1H/t8?,9-;/m1./s1. The van der Waals surface area contributed by atoms with E-state index in [9.17, 15) is 0 Å². The lowest BCUT2D eigenvalue weighted by molar-refractivity contribution is 0.284. The van der Waals surface area contributed by atoms with Crippen LogP contribution in [0, 0.1) is 5.92 Å². The second-order valence-electron chi connectivity index (χ2n) is 4.17. The lowest BCUT2D eigenvalue weighted by Crippen LogP contribution is -2.31. The average molecular weight is 206 g/mol. The molecule has 3 N–H and O–H groups in total. The molecule has 0 aromatic carbocycles. The van der Waals surface area contributed by atoms with Gasteiger partial charge in [0.15, 0.2) is 0 Å². The number of nitrogens with zero attached hydrogens (tertiary/aromatic N) is 1. The Hall–Kier alpha value is 0.170. The molecule has 4 heteroatoms. The molecular weight excluding hydrogens is 186 g/mol. The van der Waals surface area contributed by atoms with Crippen molar-refractivity contribution in [2.24, 2.45) is 11.7 Å². The van der Waals surface area contributed by atoms with E-state index in [0.717, 1.165) is 12.5 Å². The molecule has 3 nitrogen and oxygen atoms in total. The molecule has 0 spiro atoms. The predicted octanol–water partition coefficient (Wildman–Crippen LogP) is 0.0507. The molecule has 2 fully saturated rings. The Kier molecular flexibility index (Phi) is 4.46. The van der Waals surface area contributed by atoms with Crippen LogP contribution in [0.15, 0.2) is 0 Å². The quantitative estimate of drug-likeness (QED) is 0.670.